The molecule has 0 aliphatic rings. The fraction of sp³-hybridized carbons (Fsp3) is 0.316. The summed E-state index contributed by atoms with van der Waals surface area (Å²) in [4.78, 5) is 28.2. The number of amides is 3. The molecule has 0 fully saturated rings. The van der Waals surface area contributed by atoms with E-state index in [2.05, 4.69) is 20.9 Å². The second kappa shape index (κ2) is 8.82. The van der Waals surface area contributed by atoms with E-state index in [4.69, 9.17) is 0 Å². The summed E-state index contributed by atoms with van der Waals surface area (Å²) >= 11 is 0. The van der Waals surface area contributed by atoms with E-state index in [0.29, 0.717) is 17.8 Å². The monoisotopic (exact) mass is 340 g/mol. The van der Waals surface area contributed by atoms with Crippen LogP contribution in [0.2, 0.25) is 0 Å². The molecule has 0 aliphatic heterocycles. The van der Waals surface area contributed by atoms with Crippen molar-refractivity contribution in [1.29, 1.82) is 0 Å². The molecule has 3 amide bonds. The molecule has 3 N–H and O–H groups in total. The second-order valence-corrected chi connectivity index (χ2v) is 5.73. The first-order valence-corrected chi connectivity index (χ1v) is 8.41. The van der Waals surface area contributed by atoms with Crippen LogP contribution in [-0.2, 0) is 0 Å². The van der Waals surface area contributed by atoms with Crippen LogP contribution in [-0.4, -0.2) is 23.5 Å². The third-order valence-electron chi connectivity index (χ3n) is 3.90. The molecule has 0 spiro atoms. The lowest BCUT2D eigenvalue weighted by Gasteiger charge is -2.18. The van der Waals surface area contributed by atoms with E-state index in [1.54, 1.807) is 30.6 Å². The highest BCUT2D eigenvalue weighted by atomic mass is 16.2. The van der Waals surface area contributed by atoms with Crippen molar-refractivity contribution in [3.8, 4) is 0 Å². The smallest absolute Gasteiger partial charge is 0.319 e. The summed E-state index contributed by atoms with van der Waals surface area (Å²) in [7, 11) is 0. The topological polar surface area (TPSA) is 83.1 Å². The van der Waals surface area contributed by atoms with Crippen LogP contribution in [0.5, 0.6) is 0 Å². The maximum Gasteiger partial charge on any atom is 0.319 e. The number of nitrogens with zero attached hydrogens (tertiary/aromatic N) is 1. The lowest BCUT2D eigenvalue weighted by Crippen LogP contribution is -2.32. The molecule has 0 unspecified atom stereocenters. The van der Waals surface area contributed by atoms with Gasteiger partial charge in [-0.1, -0.05) is 6.92 Å². The highest BCUT2D eigenvalue weighted by Gasteiger charge is 2.14. The van der Waals surface area contributed by atoms with E-state index in [-0.39, 0.29) is 18.0 Å². The molecule has 0 bridgehead atoms. The minimum Gasteiger partial charge on any atom is -0.352 e. The predicted molar refractivity (Wildman–Crippen MR) is 98.6 cm³/mol. The summed E-state index contributed by atoms with van der Waals surface area (Å²) in [6, 6.07) is 8.62. The molecule has 6 nitrogen and oxygen atoms in total. The molecular weight excluding hydrogens is 316 g/mol. The number of aromatic nitrogens is 1. The molecule has 25 heavy (non-hydrogen) atoms. The van der Waals surface area contributed by atoms with Crippen LogP contribution in [0.1, 0.15) is 47.8 Å². The van der Waals surface area contributed by atoms with Crippen molar-refractivity contribution in [3.63, 3.8) is 0 Å². The number of carbonyl (C=O) groups excluding carboxylic acids is 2. The Balaban J connectivity index is 2.03. The van der Waals surface area contributed by atoms with E-state index in [0.717, 1.165) is 17.5 Å². The van der Waals surface area contributed by atoms with E-state index >= 15 is 0 Å². The van der Waals surface area contributed by atoms with Crippen LogP contribution >= 0.6 is 0 Å². The van der Waals surface area contributed by atoms with Gasteiger partial charge in [-0.3, -0.25) is 9.78 Å². The largest absolute Gasteiger partial charge is 0.352 e. The van der Waals surface area contributed by atoms with Crippen LogP contribution in [0.25, 0.3) is 0 Å². The number of hydrogen-bond donors (Lipinski definition) is 3. The lowest BCUT2D eigenvalue weighted by atomic mass is 10.1. The summed E-state index contributed by atoms with van der Waals surface area (Å²) in [6.45, 7) is 6.32. The molecule has 1 aromatic heterocycles. The van der Waals surface area contributed by atoms with Gasteiger partial charge in [0.2, 0.25) is 0 Å². The van der Waals surface area contributed by atoms with Gasteiger partial charge in [-0.05, 0) is 61.7 Å². The maximum absolute atomic E-state index is 12.3. The average Bonchev–Trinajstić information content (AvgIpc) is 2.62. The van der Waals surface area contributed by atoms with E-state index in [9.17, 15) is 9.59 Å². The lowest BCUT2D eigenvalue weighted by molar-refractivity contribution is 0.0955. The number of hydrogen-bond acceptors (Lipinski definition) is 3. The van der Waals surface area contributed by atoms with Crippen molar-refractivity contribution in [2.75, 3.05) is 11.9 Å². The fourth-order valence-corrected chi connectivity index (χ4v) is 2.54. The normalized spacial score (nSPS) is 11.5. The van der Waals surface area contributed by atoms with E-state index in [1.807, 2.05) is 32.9 Å². The molecule has 0 saturated carbocycles. The predicted octanol–water partition coefficient (Wildman–Crippen LogP) is 3.41. The first kappa shape index (κ1) is 18.4. The molecule has 132 valence electrons. The number of benzene rings is 1. The van der Waals surface area contributed by atoms with Crippen LogP contribution in [0.3, 0.4) is 0 Å². The highest BCUT2D eigenvalue weighted by Crippen LogP contribution is 2.18. The Labute approximate surface area is 148 Å². The van der Waals surface area contributed by atoms with E-state index in [1.165, 1.54) is 0 Å². The fourth-order valence-electron chi connectivity index (χ4n) is 2.54. The van der Waals surface area contributed by atoms with Crippen molar-refractivity contribution < 1.29 is 9.59 Å². The molecule has 1 heterocycles. The summed E-state index contributed by atoms with van der Waals surface area (Å²) in [6.07, 6.45) is 4.19. The van der Waals surface area contributed by atoms with Gasteiger partial charge in [0.1, 0.15) is 0 Å². The van der Waals surface area contributed by atoms with Crippen LogP contribution in [0, 0.1) is 6.92 Å². The Bertz CT molecular complexity index is 731. The minimum absolute atomic E-state index is 0.0853. The number of pyridine rings is 1. The van der Waals surface area contributed by atoms with Gasteiger partial charge in [-0.15, -0.1) is 0 Å². The molecule has 0 saturated heterocycles. The van der Waals surface area contributed by atoms with Gasteiger partial charge in [0.15, 0.2) is 0 Å². The van der Waals surface area contributed by atoms with Crippen molar-refractivity contribution in [2.24, 2.45) is 0 Å². The van der Waals surface area contributed by atoms with Crippen molar-refractivity contribution >= 4 is 17.6 Å². The number of carbonyl (C=O) groups is 2. The quantitative estimate of drug-likeness (QED) is 0.753. The molecule has 2 rings (SSSR count). The number of aryl methyl sites for hydroxylation is 1. The standard InChI is InChI=1S/C19H24N4O2/c1-4-16(14-8-10-20-11-9-14)22-19(25)23-17-7-6-15(12-13(17)3)18(24)21-5-2/h6-12,16H,4-5H2,1-3H3,(H,21,24)(H2,22,23,25)/t16-/m0/s1. The van der Waals surface area contributed by atoms with Crippen molar-refractivity contribution in [2.45, 2.75) is 33.2 Å². The van der Waals surface area contributed by atoms with Gasteiger partial charge in [0, 0.05) is 30.2 Å². The van der Waals surface area contributed by atoms with Crippen molar-refractivity contribution in [1.82, 2.24) is 15.6 Å². The summed E-state index contributed by atoms with van der Waals surface area (Å²) < 4.78 is 0. The zero-order valence-electron chi connectivity index (χ0n) is 14.8. The number of nitrogens with one attached hydrogen (secondary N) is 3. The number of urea groups is 1. The zero-order chi connectivity index (χ0) is 18.2. The van der Waals surface area contributed by atoms with Gasteiger partial charge in [0.25, 0.3) is 5.91 Å². The third-order valence-corrected chi connectivity index (χ3v) is 3.90. The molecule has 6 heteroatoms. The first-order valence-electron chi connectivity index (χ1n) is 8.41. The van der Waals surface area contributed by atoms with Gasteiger partial charge in [-0.2, -0.15) is 0 Å². The average molecular weight is 340 g/mol. The summed E-state index contributed by atoms with van der Waals surface area (Å²) in [5.74, 6) is -0.120. The maximum atomic E-state index is 12.3. The second-order valence-electron chi connectivity index (χ2n) is 5.73. The molecule has 1 atom stereocenters. The molecule has 0 aliphatic carbocycles. The molecule has 2 aromatic rings. The van der Waals surface area contributed by atoms with Gasteiger partial charge < -0.3 is 16.0 Å². The van der Waals surface area contributed by atoms with Crippen LogP contribution < -0.4 is 16.0 Å². The Morgan fingerprint density at radius 1 is 1.12 bits per heavy atom. The Morgan fingerprint density at radius 2 is 1.84 bits per heavy atom. The molecular formula is C19H24N4O2. The Hall–Kier alpha value is -2.89. The number of rotatable bonds is 6. The van der Waals surface area contributed by atoms with Crippen LogP contribution in [0.15, 0.2) is 42.7 Å². The number of anilines is 1. The Morgan fingerprint density at radius 3 is 2.44 bits per heavy atom. The third kappa shape index (κ3) is 5.04. The Kier molecular flexibility index (Phi) is 6.51. The summed E-state index contributed by atoms with van der Waals surface area (Å²) in [5.41, 5.74) is 3.09. The highest BCUT2D eigenvalue weighted by molar-refractivity contribution is 5.96. The van der Waals surface area contributed by atoms with E-state index < -0.39 is 0 Å². The molecule has 0 radical (unpaired) electrons. The van der Waals surface area contributed by atoms with Gasteiger partial charge in [0.05, 0.1) is 6.04 Å². The summed E-state index contributed by atoms with van der Waals surface area (Å²) in [5, 5.41) is 8.56. The first-order chi connectivity index (χ1) is 12.0. The van der Waals surface area contributed by atoms with Crippen LogP contribution in [0.4, 0.5) is 10.5 Å². The minimum atomic E-state index is -0.280. The van der Waals surface area contributed by atoms with Gasteiger partial charge in [-0.25, -0.2) is 4.79 Å². The zero-order valence-corrected chi connectivity index (χ0v) is 14.8. The SMILES string of the molecule is CCNC(=O)c1ccc(NC(=O)N[C@@H](CC)c2ccncc2)c(C)c1. The van der Waals surface area contributed by atoms with Gasteiger partial charge >= 0.3 is 6.03 Å². The van der Waals surface area contributed by atoms with Crippen molar-refractivity contribution in [3.05, 3.63) is 59.4 Å². The molecule has 1 aromatic carbocycles.